The van der Waals surface area contributed by atoms with E-state index < -0.39 is 0 Å². The van der Waals surface area contributed by atoms with Gasteiger partial charge in [0.15, 0.2) is 0 Å². The van der Waals surface area contributed by atoms with Crippen molar-refractivity contribution in [2.75, 3.05) is 13.2 Å². The Bertz CT molecular complexity index is 168. The molecule has 1 unspecified atom stereocenters. The average Bonchev–Trinajstić information content (AvgIpc) is 2.81. The maximum absolute atomic E-state index is 11.5. The summed E-state index contributed by atoms with van der Waals surface area (Å²) in [6.07, 6.45) is 2.18. The third kappa shape index (κ3) is 2.45. The molecule has 4 heteroatoms. The lowest BCUT2D eigenvalue weighted by atomic mass is 10.3. The number of hydrogen-bond acceptors (Lipinski definition) is 2. The largest absolute Gasteiger partial charge is 0.395 e. The minimum atomic E-state index is -0.135. The van der Waals surface area contributed by atoms with Crippen molar-refractivity contribution in [2.45, 2.75) is 30.6 Å². The Morgan fingerprint density at radius 1 is 1.75 bits per heavy atom. The number of hydrogen-bond donors (Lipinski definition) is 1. The second kappa shape index (κ2) is 4.23. The van der Waals surface area contributed by atoms with Crippen LogP contribution in [-0.4, -0.2) is 39.9 Å². The summed E-state index contributed by atoms with van der Waals surface area (Å²) in [6, 6.07) is 0.393. The summed E-state index contributed by atoms with van der Waals surface area (Å²) in [4.78, 5) is 13.1. The first-order valence-electron chi connectivity index (χ1n) is 4.22. The molecule has 0 aromatic rings. The zero-order valence-corrected chi connectivity index (χ0v) is 8.75. The molecule has 1 aliphatic carbocycles. The Hall–Kier alpha value is -0.0900. The number of halogens is 1. The van der Waals surface area contributed by atoms with Crippen LogP contribution in [0.1, 0.15) is 19.8 Å². The second-order valence-electron chi connectivity index (χ2n) is 3.10. The van der Waals surface area contributed by atoms with Gasteiger partial charge in [-0.05, 0) is 19.8 Å². The fraction of sp³-hybridized carbons (Fsp3) is 0.875. The van der Waals surface area contributed by atoms with Crippen molar-refractivity contribution in [1.82, 2.24) is 4.90 Å². The van der Waals surface area contributed by atoms with Gasteiger partial charge in [0.2, 0.25) is 5.91 Å². The predicted molar refractivity (Wildman–Crippen MR) is 50.2 cm³/mol. The molecule has 0 aliphatic heterocycles. The second-order valence-corrected chi connectivity index (χ2v) is 4.48. The Balaban J connectivity index is 2.46. The highest BCUT2D eigenvalue weighted by atomic mass is 79.9. The SMILES string of the molecule is CC(Br)C(=O)N(CCO)C1CC1. The number of carbonyl (C=O) groups is 1. The number of aliphatic hydroxyl groups is 1. The lowest BCUT2D eigenvalue weighted by Gasteiger charge is -2.22. The molecule has 1 saturated carbocycles. The van der Waals surface area contributed by atoms with E-state index >= 15 is 0 Å². The molecule has 1 atom stereocenters. The van der Waals surface area contributed by atoms with Crippen LogP contribution in [0.4, 0.5) is 0 Å². The summed E-state index contributed by atoms with van der Waals surface area (Å²) in [7, 11) is 0. The van der Waals surface area contributed by atoms with E-state index in [0.717, 1.165) is 12.8 Å². The molecule has 0 aromatic carbocycles. The molecular weight excluding hydrogens is 222 g/mol. The first kappa shape index (κ1) is 9.99. The zero-order valence-electron chi connectivity index (χ0n) is 7.16. The zero-order chi connectivity index (χ0) is 9.14. The van der Waals surface area contributed by atoms with Crippen molar-refractivity contribution in [2.24, 2.45) is 0 Å². The van der Waals surface area contributed by atoms with Crippen molar-refractivity contribution < 1.29 is 9.90 Å². The molecule has 0 aromatic heterocycles. The molecule has 3 nitrogen and oxygen atoms in total. The standard InChI is InChI=1S/C8H14BrNO2/c1-6(9)8(12)10(4-5-11)7-2-3-7/h6-7,11H,2-5H2,1H3. The van der Waals surface area contributed by atoms with E-state index in [1.807, 2.05) is 6.92 Å². The van der Waals surface area contributed by atoms with Crippen LogP contribution in [0.25, 0.3) is 0 Å². The van der Waals surface area contributed by atoms with E-state index in [4.69, 9.17) is 5.11 Å². The van der Waals surface area contributed by atoms with Gasteiger partial charge in [-0.2, -0.15) is 0 Å². The van der Waals surface area contributed by atoms with Gasteiger partial charge in [-0.3, -0.25) is 4.79 Å². The lowest BCUT2D eigenvalue weighted by Crippen LogP contribution is -2.39. The molecule has 0 radical (unpaired) electrons. The highest BCUT2D eigenvalue weighted by Crippen LogP contribution is 2.27. The van der Waals surface area contributed by atoms with E-state index in [-0.39, 0.29) is 17.3 Å². The fourth-order valence-corrected chi connectivity index (χ4v) is 1.46. The summed E-state index contributed by atoms with van der Waals surface area (Å²) in [5, 5.41) is 8.73. The Morgan fingerprint density at radius 3 is 2.67 bits per heavy atom. The number of nitrogens with zero attached hydrogens (tertiary/aromatic N) is 1. The summed E-state index contributed by atoms with van der Waals surface area (Å²) >= 11 is 3.23. The van der Waals surface area contributed by atoms with Gasteiger partial charge < -0.3 is 10.0 Å². The molecule has 1 fully saturated rings. The highest BCUT2D eigenvalue weighted by Gasteiger charge is 2.33. The van der Waals surface area contributed by atoms with E-state index in [2.05, 4.69) is 15.9 Å². The predicted octanol–water partition coefficient (Wildman–Crippen LogP) is 0.753. The van der Waals surface area contributed by atoms with Gasteiger partial charge in [-0.1, -0.05) is 15.9 Å². The first-order chi connectivity index (χ1) is 5.66. The van der Waals surface area contributed by atoms with Crippen LogP contribution < -0.4 is 0 Å². The van der Waals surface area contributed by atoms with Crippen molar-refractivity contribution in [3.63, 3.8) is 0 Å². The molecule has 0 heterocycles. The molecule has 1 amide bonds. The topological polar surface area (TPSA) is 40.5 Å². The summed E-state index contributed by atoms with van der Waals surface area (Å²) in [5.41, 5.74) is 0. The number of rotatable bonds is 4. The average molecular weight is 236 g/mol. The van der Waals surface area contributed by atoms with Crippen molar-refractivity contribution in [3.8, 4) is 0 Å². The third-order valence-electron chi connectivity index (χ3n) is 1.95. The van der Waals surface area contributed by atoms with Gasteiger partial charge in [-0.25, -0.2) is 0 Å². The van der Waals surface area contributed by atoms with Gasteiger partial charge in [0.25, 0.3) is 0 Å². The van der Waals surface area contributed by atoms with Crippen molar-refractivity contribution in [3.05, 3.63) is 0 Å². The molecule has 1 aliphatic rings. The van der Waals surface area contributed by atoms with E-state index in [1.54, 1.807) is 4.90 Å². The summed E-state index contributed by atoms with van der Waals surface area (Å²) < 4.78 is 0. The number of carbonyl (C=O) groups excluding carboxylic acids is 1. The Kier molecular flexibility index (Phi) is 3.53. The monoisotopic (exact) mass is 235 g/mol. The van der Waals surface area contributed by atoms with E-state index in [1.165, 1.54) is 0 Å². The molecular formula is C8H14BrNO2. The van der Waals surface area contributed by atoms with Crippen LogP contribution in [0.15, 0.2) is 0 Å². The van der Waals surface area contributed by atoms with Gasteiger partial charge in [0.1, 0.15) is 0 Å². The highest BCUT2D eigenvalue weighted by molar-refractivity contribution is 9.10. The van der Waals surface area contributed by atoms with E-state index in [0.29, 0.717) is 12.6 Å². The fourth-order valence-electron chi connectivity index (χ4n) is 1.20. The molecule has 0 bridgehead atoms. The van der Waals surface area contributed by atoms with Gasteiger partial charge in [-0.15, -0.1) is 0 Å². The van der Waals surface area contributed by atoms with Crippen LogP contribution in [0, 0.1) is 0 Å². The van der Waals surface area contributed by atoms with Crippen LogP contribution in [0.3, 0.4) is 0 Å². The molecule has 12 heavy (non-hydrogen) atoms. The lowest BCUT2D eigenvalue weighted by molar-refractivity contribution is -0.131. The molecule has 0 saturated heterocycles. The van der Waals surface area contributed by atoms with Crippen LogP contribution in [-0.2, 0) is 4.79 Å². The first-order valence-corrected chi connectivity index (χ1v) is 5.13. The molecule has 0 spiro atoms. The Morgan fingerprint density at radius 2 is 2.33 bits per heavy atom. The minimum absolute atomic E-state index is 0.0575. The minimum Gasteiger partial charge on any atom is -0.395 e. The van der Waals surface area contributed by atoms with Crippen molar-refractivity contribution in [1.29, 1.82) is 0 Å². The van der Waals surface area contributed by atoms with Crippen molar-refractivity contribution >= 4 is 21.8 Å². The van der Waals surface area contributed by atoms with Crippen LogP contribution >= 0.6 is 15.9 Å². The molecule has 70 valence electrons. The smallest absolute Gasteiger partial charge is 0.236 e. The van der Waals surface area contributed by atoms with Crippen LogP contribution in [0.2, 0.25) is 0 Å². The van der Waals surface area contributed by atoms with Gasteiger partial charge >= 0.3 is 0 Å². The summed E-state index contributed by atoms with van der Waals surface area (Å²) in [5.74, 6) is 0.0894. The normalized spacial score (nSPS) is 18.9. The third-order valence-corrected chi connectivity index (χ3v) is 2.34. The quantitative estimate of drug-likeness (QED) is 0.732. The number of alkyl halides is 1. The Labute approximate surface area is 80.9 Å². The maximum Gasteiger partial charge on any atom is 0.236 e. The molecule has 1 N–H and O–H groups in total. The van der Waals surface area contributed by atoms with Gasteiger partial charge in [0, 0.05) is 12.6 Å². The van der Waals surface area contributed by atoms with Gasteiger partial charge in [0.05, 0.1) is 11.4 Å². The van der Waals surface area contributed by atoms with E-state index in [9.17, 15) is 4.79 Å². The molecule has 1 rings (SSSR count). The maximum atomic E-state index is 11.5. The summed E-state index contributed by atoms with van der Waals surface area (Å²) in [6.45, 7) is 2.34. The number of aliphatic hydroxyl groups excluding tert-OH is 1. The number of amides is 1. The van der Waals surface area contributed by atoms with Crippen LogP contribution in [0.5, 0.6) is 0 Å².